The molecule has 0 aliphatic heterocycles. The summed E-state index contributed by atoms with van der Waals surface area (Å²) < 4.78 is 0. The van der Waals surface area contributed by atoms with E-state index in [1.165, 1.54) is 16.7 Å². The van der Waals surface area contributed by atoms with Gasteiger partial charge in [0.05, 0.1) is 0 Å². The minimum Gasteiger partial charge on any atom is -0.508 e. The molecule has 2 rings (SSSR count). The summed E-state index contributed by atoms with van der Waals surface area (Å²) in [6, 6.07) is 16.1. The normalized spacial score (nSPS) is 12.3. The second kappa shape index (κ2) is 5.69. The number of hydrogen-bond donors (Lipinski definition) is 2. The average molecular weight is 241 g/mol. The fourth-order valence-electron chi connectivity index (χ4n) is 2.21. The lowest BCUT2D eigenvalue weighted by molar-refractivity contribution is 0.475. The topological polar surface area (TPSA) is 32.3 Å². The van der Waals surface area contributed by atoms with Gasteiger partial charge in [0.2, 0.25) is 0 Å². The summed E-state index contributed by atoms with van der Waals surface area (Å²) in [7, 11) is 1.98. The number of likely N-dealkylation sites (N-methyl/N-ethyl adjacent to an activating group) is 1. The van der Waals surface area contributed by atoms with Crippen molar-refractivity contribution in [2.24, 2.45) is 0 Å². The van der Waals surface area contributed by atoms with Crippen molar-refractivity contribution in [3.63, 3.8) is 0 Å². The molecule has 2 heteroatoms. The number of rotatable bonds is 4. The first-order valence-corrected chi connectivity index (χ1v) is 6.21. The van der Waals surface area contributed by atoms with E-state index < -0.39 is 0 Å². The Kier molecular flexibility index (Phi) is 4.00. The highest BCUT2D eigenvalue weighted by Gasteiger charge is 2.11. The lowest BCUT2D eigenvalue weighted by Crippen LogP contribution is -2.19. The van der Waals surface area contributed by atoms with E-state index in [1.807, 2.05) is 19.2 Å². The number of aromatic hydroxyl groups is 1. The van der Waals surface area contributed by atoms with Gasteiger partial charge in [0.1, 0.15) is 5.75 Å². The molecule has 0 aliphatic rings. The van der Waals surface area contributed by atoms with Crippen molar-refractivity contribution in [3.8, 4) is 5.75 Å². The molecule has 1 unspecified atom stereocenters. The Morgan fingerprint density at radius 2 is 1.72 bits per heavy atom. The molecule has 0 amide bonds. The van der Waals surface area contributed by atoms with Crippen LogP contribution in [0, 0.1) is 6.92 Å². The molecule has 0 bridgehead atoms. The van der Waals surface area contributed by atoms with Gasteiger partial charge in [0.25, 0.3) is 0 Å². The molecule has 18 heavy (non-hydrogen) atoms. The average Bonchev–Trinajstić information content (AvgIpc) is 2.39. The van der Waals surface area contributed by atoms with Crippen LogP contribution < -0.4 is 5.32 Å². The van der Waals surface area contributed by atoms with Gasteiger partial charge in [-0.15, -0.1) is 0 Å². The molecule has 0 aromatic heterocycles. The standard InChI is InChI=1S/C16H19NO/c1-12-5-3-4-6-15(12)16(17-2)11-13-7-9-14(18)10-8-13/h3-10,16-18H,11H2,1-2H3. The lowest BCUT2D eigenvalue weighted by Gasteiger charge is -2.19. The molecule has 2 aromatic carbocycles. The van der Waals surface area contributed by atoms with Crippen LogP contribution in [0.3, 0.4) is 0 Å². The second-order valence-corrected chi connectivity index (χ2v) is 4.57. The number of aryl methyl sites for hydroxylation is 1. The van der Waals surface area contributed by atoms with Crippen molar-refractivity contribution in [2.75, 3.05) is 7.05 Å². The lowest BCUT2D eigenvalue weighted by atomic mass is 9.95. The molecule has 0 fully saturated rings. The first kappa shape index (κ1) is 12.7. The zero-order valence-electron chi connectivity index (χ0n) is 10.9. The van der Waals surface area contributed by atoms with Gasteiger partial charge in [-0.25, -0.2) is 0 Å². The molecule has 2 aromatic rings. The quantitative estimate of drug-likeness (QED) is 0.861. The van der Waals surface area contributed by atoms with Crippen LogP contribution >= 0.6 is 0 Å². The van der Waals surface area contributed by atoms with E-state index in [4.69, 9.17) is 0 Å². The maximum atomic E-state index is 9.29. The van der Waals surface area contributed by atoms with Gasteiger partial charge >= 0.3 is 0 Å². The van der Waals surface area contributed by atoms with Gasteiger partial charge in [0.15, 0.2) is 0 Å². The molecule has 2 nitrogen and oxygen atoms in total. The Morgan fingerprint density at radius 1 is 1.06 bits per heavy atom. The predicted molar refractivity (Wildman–Crippen MR) is 74.8 cm³/mol. The summed E-state index contributed by atoms with van der Waals surface area (Å²) in [5, 5.41) is 12.7. The monoisotopic (exact) mass is 241 g/mol. The molecule has 94 valence electrons. The Morgan fingerprint density at radius 3 is 2.33 bits per heavy atom. The Hall–Kier alpha value is -1.80. The number of hydrogen-bond acceptors (Lipinski definition) is 2. The molecule has 0 aliphatic carbocycles. The maximum Gasteiger partial charge on any atom is 0.115 e. The summed E-state index contributed by atoms with van der Waals surface area (Å²) >= 11 is 0. The zero-order chi connectivity index (χ0) is 13.0. The van der Waals surface area contributed by atoms with Gasteiger partial charge < -0.3 is 10.4 Å². The number of benzene rings is 2. The summed E-state index contributed by atoms with van der Waals surface area (Å²) in [6.07, 6.45) is 0.918. The van der Waals surface area contributed by atoms with Crippen LogP contribution in [-0.2, 0) is 6.42 Å². The second-order valence-electron chi connectivity index (χ2n) is 4.57. The van der Waals surface area contributed by atoms with Gasteiger partial charge in [-0.3, -0.25) is 0 Å². The van der Waals surface area contributed by atoms with E-state index in [0.29, 0.717) is 11.8 Å². The third-order valence-electron chi connectivity index (χ3n) is 3.29. The number of phenolic OH excluding ortho intramolecular Hbond substituents is 1. The Bertz CT molecular complexity index is 505. The Balaban J connectivity index is 2.20. The van der Waals surface area contributed by atoms with E-state index in [0.717, 1.165) is 6.42 Å². The van der Waals surface area contributed by atoms with Gasteiger partial charge in [-0.2, -0.15) is 0 Å². The fraction of sp³-hybridized carbons (Fsp3) is 0.250. The minimum atomic E-state index is 0.302. The van der Waals surface area contributed by atoms with Gasteiger partial charge in [0, 0.05) is 6.04 Å². The molecule has 0 heterocycles. The predicted octanol–water partition coefficient (Wildman–Crippen LogP) is 3.20. The third kappa shape index (κ3) is 2.90. The van der Waals surface area contributed by atoms with Crippen molar-refractivity contribution in [3.05, 3.63) is 65.2 Å². The van der Waals surface area contributed by atoms with Crippen LogP contribution in [0.1, 0.15) is 22.7 Å². The fourth-order valence-corrected chi connectivity index (χ4v) is 2.21. The van der Waals surface area contributed by atoms with E-state index in [1.54, 1.807) is 12.1 Å². The number of phenols is 1. The van der Waals surface area contributed by atoms with Crippen LogP contribution in [0.2, 0.25) is 0 Å². The largest absolute Gasteiger partial charge is 0.508 e. The van der Waals surface area contributed by atoms with Crippen LogP contribution in [0.25, 0.3) is 0 Å². The third-order valence-corrected chi connectivity index (χ3v) is 3.29. The Labute approximate surface area is 108 Å². The van der Waals surface area contributed by atoms with Crippen molar-refractivity contribution in [1.82, 2.24) is 5.32 Å². The molecule has 0 radical (unpaired) electrons. The molecule has 2 N–H and O–H groups in total. The first-order chi connectivity index (χ1) is 8.70. The highest BCUT2D eigenvalue weighted by atomic mass is 16.3. The summed E-state index contributed by atoms with van der Waals surface area (Å²) in [4.78, 5) is 0. The van der Waals surface area contributed by atoms with Gasteiger partial charge in [-0.05, 0) is 49.2 Å². The van der Waals surface area contributed by atoms with Crippen molar-refractivity contribution < 1.29 is 5.11 Å². The van der Waals surface area contributed by atoms with Crippen molar-refractivity contribution in [2.45, 2.75) is 19.4 Å². The highest BCUT2D eigenvalue weighted by Crippen LogP contribution is 2.22. The van der Waals surface area contributed by atoms with Crippen LogP contribution in [0.4, 0.5) is 0 Å². The smallest absolute Gasteiger partial charge is 0.115 e. The molecule has 1 atom stereocenters. The molecule has 0 saturated heterocycles. The maximum absolute atomic E-state index is 9.29. The van der Waals surface area contributed by atoms with E-state index >= 15 is 0 Å². The number of nitrogens with one attached hydrogen (secondary N) is 1. The summed E-state index contributed by atoms with van der Waals surface area (Å²) in [6.45, 7) is 2.14. The van der Waals surface area contributed by atoms with Crippen LogP contribution in [0.5, 0.6) is 5.75 Å². The molecular weight excluding hydrogens is 222 g/mol. The first-order valence-electron chi connectivity index (χ1n) is 6.21. The minimum absolute atomic E-state index is 0.302. The van der Waals surface area contributed by atoms with Crippen LogP contribution in [0.15, 0.2) is 48.5 Å². The zero-order valence-corrected chi connectivity index (χ0v) is 10.9. The van der Waals surface area contributed by atoms with E-state index in [9.17, 15) is 5.11 Å². The van der Waals surface area contributed by atoms with Crippen molar-refractivity contribution in [1.29, 1.82) is 0 Å². The molecular formula is C16H19NO. The molecule has 0 spiro atoms. The summed E-state index contributed by atoms with van der Waals surface area (Å²) in [5.74, 6) is 0.315. The highest BCUT2D eigenvalue weighted by molar-refractivity contribution is 5.32. The van der Waals surface area contributed by atoms with Crippen molar-refractivity contribution >= 4 is 0 Å². The van der Waals surface area contributed by atoms with E-state index in [2.05, 4.69) is 36.5 Å². The SMILES string of the molecule is CNC(Cc1ccc(O)cc1)c1ccccc1C. The van der Waals surface area contributed by atoms with Gasteiger partial charge in [-0.1, -0.05) is 36.4 Å². The molecule has 0 saturated carbocycles. The van der Waals surface area contributed by atoms with E-state index in [-0.39, 0.29) is 0 Å². The van der Waals surface area contributed by atoms with Crippen LogP contribution in [-0.4, -0.2) is 12.2 Å². The summed E-state index contributed by atoms with van der Waals surface area (Å²) in [5.41, 5.74) is 3.85.